The van der Waals surface area contributed by atoms with Gasteiger partial charge in [-0.05, 0) is 47.7 Å². The topological polar surface area (TPSA) is 89.4 Å². The van der Waals surface area contributed by atoms with Crippen LogP contribution in [-0.4, -0.2) is 64.1 Å². The minimum atomic E-state index is -0.388. The van der Waals surface area contributed by atoms with E-state index in [2.05, 4.69) is 57.3 Å². The summed E-state index contributed by atoms with van der Waals surface area (Å²) in [7, 11) is -0.388. The number of aromatic nitrogens is 3. The van der Waals surface area contributed by atoms with Gasteiger partial charge < -0.3 is 25.4 Å². The first-order valence-electron chi connectivity index (χ1n) is 10.3. The van der Waals surface area contributed by atoms with Gasteiger partial charge in [-0.15, -0.1) is 0 Å². The van der Waals surface area contributed by atoms with Crippen LogP contribution < -0.4 is 15.5 Å². The molecule has 0 amide bonds. The van der Waals surface area contributed by atoms with Gasteiger partial charge >= 0.3 is 7.05 Å². The lowest BCUT2D eigenvalue weighted by Gasteiger charge is -2.36. The Labute approximate surface area is 180 Å². The van der Waals surface area contributed by atoms with Gasteiger partial charge in [0.2, 0.25) is 5.95 Å². The Morgan fingerprint density at radius 3 is 2.52 bits per heavy atom. The number of anilines is 4. The van der Waals surface area contributed by atoms with Crippen molar-refractivity contribution in [1.82, 2.24) is 19.8 Å². The molecule has 10 heteroatoms. The largest absolute Gasteiger partial charge is 0.437 e. The number of piperazine rings is 1. The van der Waals surface area contributed by atoms with E-state index in [1.165, 1.54) is 25.7 Å². The lowest BCUT2D eigenvalue weighted by molar-refractivity contribution is 0.344. The summed E-state index contributed by atoms with van der Waals surface area (Å²) in [4.78, 5) is 17.9. The van der Waals surface area contributed by atoms with Gasteiger partial charge in [-0.3, -0.25) is 0 Å². The Morgan fingerprint density at radius 2 is 1.86 bits per heavy atom. The van der Waals surface area contributed by atoms with E-state index in [1.807, 2.05) is 19.1 Å². The minimum absolute atomic E-state index is 0.388. The summed E-state index contributed by atoms with van der Waals surface area (Å²) in [6.07, 6.45) is 8.56. The van der Waals surface area contributed by atoms with Crippen LogP contribution in [0.25, 0.3) is 0 Å². The van der Waals surface area contributed by atoms with Crippen LogP contribution >= 0.6 is 15.9 Å². The van der Waals surface area contributed by atoms with Gasteiger partial charge in [0, 0.05) is 38.4 Å². The smallest absolute Gasteiger partial charge is 0.376 e. The van der Waals surface area contributed by atoms with Crippen LogP contribution in [0.15, 0.2) is 29.0 Å². The molecule has 0 unspecified atom stereocenters. The summed E-state index contributed by atoms with van der Waals surface area (Å²) in [5, 5.41) is 16.4. The number of nitrogens with one attached hydrogen (secondary N) is 2. The summed E-state index contributed by atoms with van der Waals surface area (Å²) in [5.41, 5.74) is 1.08. The second-order valence-corrected chi connectivity index (χ2v) is 8.55. The molecular weight excluding hydrogens is 433 g/mol. The fraction of sp³-hybridized carbons (Fsp3) is 0.526. The van der Waals surface area contributed by atoms with Crippen molar-refractivity contribution < 1.29 is 5.02 Å². The maximum atomic E-state index is 9.69. The molecule has 1 saturated carbocycles. The molecule has 0 radical (unpaired) electrons. The van der Waals surface area contributed by atoms with Crippen LogP contribution in [0.3, 0.4) is 0 Å². The Hall–Kier alpha value is -1.91. The van der Waals surface area contributed by atoms with Crippen molar-refractivity contribution in [2.24, 2.45) is 0 Å². The Bertz CT molecular complexity index is 809. The Balaban J connectivity index is 1.37. The van der Waals surface area contributed by atoms with Crippen LogP contribution in [0.1, 0.15) is 25.7 Å². The monoisotopic (exact) mass is 459 g/mol. The number of hydrogen-bond acceptors (Lipinski definition) is 8. The van der Waals surface area contributed by atoms with Crippen molar-refractivity contribution >= 4 is 46.3 Å². The molecule has 29 heavy (non-hydrogen) atoms. The van der Waals surface area contributed by atoms with Crippen LogP contribution in [0.5, 0.6) is 0 Å². The van der Waals surface area contributed by atoms with E-state index in [0.29, 0.717) is 17.8 Å². The third kappa shape index (κ3) is 5.18. The molecule has 4 rings (SSSR count). The molecule has 8 nitrogen and oxygen atoms in total. The quantitative estimate of drug-likeness (QED) is 0.568. The first-order valence-corrected chi connectivity index (χ1v) is 11.1. The molecule has 0 bridgehead atoms. The molecule has 154 valence electrons. The van der Waals surface area contributed by atoms with Crippen LogP contribution in [-0.2, 0) is 0 Å². The fourth-order valence-corrected chi connectivity index (χ4v) is 4.21. The van der Waals surface area contributed by atoms with Gasteiger partial charge in [0.1, 0.15) is 11.6 Å². The van der Waals surface area contributed by atoms with Gasteiger partial charge in [-0.1, -0.05) is 12.8 Å². The highest BCUT2D eigenvalue weighted by molar-refractivity contribution is 9.10. The van der Waals surface area contributed by atoms with Gasteiger partial charge in [-0.2, -0.15) is 4.98 Å². The fourth-order valence-electron chi connectivity index (χ4n) is 3.91. The molecule has 2 aliphatic rings. The second-order valence-electron chi connectivity index (χ2n) is 7.70. The van der Waals surface area contributed by atoms with E-state index < -0.39 is 0 Å². The van der Waals surface area contributed by atoms with Crippen LogP contribution in [0.2, 0.25) is 6.82 Å². The molecule has 0 aromatic carbocycles. The zero-order valence-corrected chi connectivity index (χ0v) is 18.3. The molecule has 3 N–H and O–H groups in total. The maximum Gasteiger partial charge on any atom is 0.376 e. The van der Waals surface area contributed by atoms with E-state index in [-0.39, 0.29) is 7.05 Å². The number of rotatable bonds is 6. The first-order chi connectivity index (χ1) is 14.1. The first kappa shape index (κ1) is 20.4. The van der Waals surface area contributed by atoms with Crippen molar-refractivity contribution in [1.29, 1.82) is 0 Å². The van der Waals surface area contributed by atoms with Crippen molar-refractivity contribution in [3.8, 4) is 0 Å². The van der Waals surface area contributed by atoms with Crippen molar-refractivity contribution in [3.63, 3.8) is 0 Å². The zero-order valence-electron chi connectivity index (χ0n) is 16.7. The summed E-state index contributed by atoms with van der Waals surface area (Å²) in [5.74, 6) is 2.06. The van der Waals surface area contributed by atoms with Crippen LogP contribution in [0.4, 0.5) is 23.3 Å². The molecule has 1 saturated heterocycles. The third-order valence-electron chi connectivity index (χ3n) is 5.64. The molecule has 2 fully saturated rings. The van der Waals surface area contributed by atoms with Crippen molar-refractivity contribution in [3.05, 3.63) is 29.0 Å². The summed E-state index contributed by atoms with van der Waals surface area (Å²) in [6.45, 7) is 5.27. The number of hydrogen-bond donors (Lipinski definition) is 3. The van der Waals surface area contributed by atoms with Crippen molar-refractivity contribution in [2.45, 2.75) is 38.5 Å². The third-order valence-corrected chi connectivity index (χ3v) is 6.22. The molecule has 1 aliphatic heterocycles. The summed E-state index contributed by atoms with van der Waals surface area (Å²) in [6, 6.07) is 4.50. The molecule has 2 aromatic rings. The highest BCUT2D eigenvalue weighted by Gasteiger charge is 2.22. The predicted octanol–water partition coefficient (Wildman–Crippen LogP) is 2.96. The highest BCUT2D eigenvalue weighted by Crippen LogP contribution is 2.27. The molecule has 2 aromatic heterocycles. The van der Waals surface area contributed by atoms with E-state index in [1.54, 1.807) is 6.20 Å². The highest BCUT2D eigenvalue weighted by atomic mass is 79.9. The van der Waals surface area contributed by atoms with Gasteiger partial charge in [-0.25, -0.2) is 9.97 Å². The number of halogens is 1. The predicted molar refractivity (Wildman–Crippen MR) is 121 cm³/mol. The van der Waals surface area contributed by atoms with Crippen LogP contribution in [0, 0.1) is 0 Å². The summed E-state index contributed by atoms with van der Waals surface area (Å²) >= 11 is 3.53. The van der Waals surface area contributed by atoms with Gasteiger partial charge in [0.15, 0.2) is 0 Å². The number of nitrogens with zero attached hydrogens (tertiary/aromatic N) is 5. The van der Waals surface area contributed by atoms with E-state index >= 15 is 0 Å². The number of pyridine rings is 1. The lowest BCUT2D eigenvalue weighted by atomic mass is 9.84. The van der Waals surface area contributed by atoms with E-state index in [9.17, 15) is 5.02 Å². The van der Waals surface area contributed by atoms with E-state index in [0.717, 1.165) is 42.2 Å². The second kappa shape index (κ2) is 9.27. The maximum absolute atomic E-state index is 9.69. The summed E-state index contributed by atoms with van der Waals surface area (Å²) < 4.78 is 0.870. The lowest BCUT2D eigenvalue weighted by Crippen LogP contribution is -2.51. The zero-order chi connectivity index (χ0) is 20.2. The van der Waals surface area contributed by atoms with Gasteiger partial charge in [0.25, 0.3) is 0 Å². The normalized spacial score (nSPS) is 18.1. The van der Waals surface area contributed by atoms with Crippen molar-refractivity contribution in [2.75, 3.05) is 41.7 Å². The molecule has 0 spiro atoms. The standard InChI is InChI=1S/C19H27BBrN7O/c1-20(29)28-10-8-27(9-11-28)15-6-7-17(22-12-15)25-19-23-13-16(21)18(26-19)24-14-4-2-3-5-14/h6-7,12-14,29H,2-5,8-11H2,1H3,(H2,22,23,24,25,26). The molecule has 3 heterocycles. The molecular formula is C19H27BBrN7O. The SMILES string of the molecule is CB(O)N1CCN(c2ccc(Nc3ncc(Br)c(NC4CCCC4)n3)nc2)CC1. The molecule has 1 aliphatic carbocycles. The average Bonchev–Trinajstić information content (AvgIpc) is 3.24. The Morgan fingerprint density at radius 1 is 1.10 bits per heavy atom. The minimum Gasteiger partial charge on any atom is -0.437 e. The Kier molecular flexibility index (Phi) is 6.51. The molecule has 0 atom stereocenters. The van der Waals surface area contributed by atoms with Gasteiger partial charge in [0.05, 0.1) is 16.4 Å². The van der Waals surface area contributed by atoms with E-state index in [4.69, 9.17) is 0 Å². The average molecular weight is 460 g/mol.